The van der Waals surface area contributed by atoms with Crippen molar-refractivity contribution in [2.24, 2.45) is 0 Å². The van der Waals surface area contributed by atoms with Gasteiger partial charge in [-0.3, -0.25) is 4.79 Å². The maximum absolute atomic E-state index is 12.6. The molecule has 1 unspecified atom stereocenters. The first-order valence-corrected chi connectivity index (χ1v) is 9.13. The summed E-state index contributed by atoms with van der Waals surface area (Å²) in [6.45, 7) is 0.517. The molecule has 0 saturated carbocycles. The Kier molecular flexibility index (Phi) is 6.02. The molecule has 3 heteroatoms. The minimum atomic E-state index is -0.231. The van der Waals surface area contributed by atoms with Gasteiger partial charge in [0.15, 0.2) is 5.78 Å². The summed E-state index contributed by atoms with van der Waals surface area (Å²) in [7, 11) is 0. The predicted molar refractivity (Wildman–Crippen MR) is 104 cm³/mol. The highest BCUT2D eigenvalue weighted by molar-refractivity contribution is 9.10. The number of alkyl halides is 1. The van der Waals surface area contributed by atoms with Crippen molar-refractivity contribution in [1.29, 1.82) is 0 Å². The molecule has 126 valence electrons. The smallest absolute Gasteiger partial charge is 0.176 e. The van der Waals surface area contributed by atoms with Crippen LogP contribution in [0, 0.1) is 0 Å². The molecular weight excluding hydrogens is 376 g/mol. The molecule has 0 heterocycles. The monoisotopic (exact) mass is 394 g/mol. The highest BCUT2D eigenvalue weighted by Crippen LogP contribution is 2.19. The Hall–Kier alpha value is -2.39. The summed E-state index contributed by atoms with van der Waals surface area (Å²) >= 11 is 3.52. The summed E-state index contributed by atoms with van der Waals surface area (Å²) < 4.78 is 5.76. The van der Waals surface area contributed by atoms with E-state index in [0.717, 1.165) is 16.9 Å². The molecule has 0 aliphatic carbocycles. The second-order valence-corrected chi connectivity index (χ2v) is 6.93. The lowest BCUT2D eigenvalue weighted by molar-refractivity contribution is 0.0991. The van der Waals surface area contributed by atoms with Crippen molar-refractivity contribution in [3.05, 3.63) is 102 Å². The van der Waals surface area contributed by atoms with E-state index < -0.39 is 0 Å². The molecule has 0 aliphatic rings. The average molecular weight is 395 g/mol. The number of rotatable bonds is 7. The van der Waals surface area contributed by atoms with Crippen molar-refractivity contribution in [2.75, 3.05) is 0 Å². The lowest BCUT2D eigenvalue weighted by Crippen LogP contribution is -2.16. The summed E-state index contributed by atoms with van der Waals surface area (Å²) in [5.74, 6) is 0.841. The summed E-state index contributed by atoms with van der Waals surface area (Å²) in [5, 5.41) is 0. The molecule has 0 N–H and O–H groups in total. The standard InChI is InChI=1S/C22H19BrO2/c23-21(15-17-7-3-1-4-8-17)22(24)19-11-13-20(14-12-19)25-16-18-9-5-2-6-10-18/h1-14,21H,15-16H2. The zero-order chi connectivity index (χ0) is 17.5. The maximum Gasteiger partial charge on any atom is 0.176 e. The van der Waals surface area contributed by atoms with Crippen molar-refractivity contribution < 1.29 is 9.53 Å². The molecule has 0 saturated heterocycles. The van der Waals surface area contributed by atoms with Crippen molar-refractivity contribution in [3.63, 3.8) is 0 Å². The third-order valence-electron chi connectivity index (χ3n) is 3.93. The highest BCUT2D eigenvalue weighted by atomic mass is 79.9. The van der Waals surface area contributed by atoms with Crippen molar-refractivity contribution >= 4 is 21.7 Å². The lowest BCUT2D eigenvalue weighted by Gasteiger charge is -2.10. The van der Waals surface area contributed by atoms with Crippen LogP contribution in [0.1, 0.15) is 21.5 Å². The van der Waals surface area contributed by atoms with Crippen LogP contribution >= 0.6 is 15.9 Å². The molecule has 2 nitrogen and oxygen atoms in total. The SMILES string of the molecule is O=C(c1ccc(OCc2ccccc2)cc1)C(Br)Cc1ccccc1. The number of carbonyl (C=O) groups excluding carboxylic acids is 1. The Morgan fingerprint density at radius 3 is 1.96 bits per heavy atom. The van der Waals surface area contributed by atoms with Gasteiger partial charge in [0, 0.05) is 5.56 Å². The van der Waals surface area contributed by atoms with Crippen LogP contribution in [0.25, 0.3) is 0 Å². The third-order valence-corrected chi connectivity index (χ3v) is 4.67. The molecule has 0 amide bonds. The van der Waals surface area contributed by atoms with Gasteiger partial charge in [0.05, 0.1) is 4.83 Å². The van der Waals surface area contributed by atoms with Gasteiger partial charge in [-0.05, 0) is 41.8 Å². The molecule has 0 spiro atoms. The highest BCUT2D eigenvalue weighted by Gasteiger charge is 2.17. The van der Waals surface area contributed by atoms with Crippen molar-refractivity contribution in [3.8, 4) is 5.75 Å². The zero-order valence-corrected chi connectivity index (χ0v) is 15.4. The van der Waals surface area contributed by atoms with Gasteiger partial charge in [-0.2, -0.15) is 0 Å². The number of benzene rings is 3. The summed E-state index contributed by atoms with van der Waals surface area (Å²) in [5.41, 5.74) is 2.94. The van der Waals surface area contributed by atoms with E-state index in [2.05, 4.69) is 15.9 Å². The van der Waals surface area contributed by atoms with Gasteiger partial charge in [0.25, 0.3) is 0 Å². The topological polar surface area (TPSA) is 26.3 Å². The first-order chi connectivity index (χ1) is 12.2. The van der Waals surface area contributed by atoms with Crippen LogP contribution in [-0.4, -0.2) is 10.6 Å². The quantitative estimate of drug-likeness (QED) is 0.393. The van der Waals surface area contributed by atoms with Gasteiger partial charge < -0.3 is 4.74 Å². The Morgan fingerprint density at radius 1 is 0.800 bits per heavy atom. The second kappa shape index (κ2) is 8.63. The summed E-state index contributed by atoms with van der Waals surface area (Å²) in [6, 6.07) is 27.3. The number of carbonyl (C=O) groups is 1. The first-order valence-electron chi connectivity index (χ1n) is 8.21. The Labute approximate surface area is 156 Å². The molecule has 0 aliphatic heterocycles. The largest absolute Gasteiger partial charge is 0.489 e. The molecular formula is C22H19BrO2. The van der Waals surface area contributed by atoms with Crippen LogP contribution in [0.15, 0.2) is 84.9 Å². The zero-order valence-electron chi connectivity index (χ0n) is 13.8. The fourth-order valence-electron chi connectivity index (χ4n) is 2.55. The molecule has 3 aromatic carbocycles. The molecule has 25 heavy (non-hydrogen) atoms. The molecule has 0 bridgehead atoms. The van der Waals surface area contributed by atoms with E-state index in [1.807, 2.05) is 84.9 Å². The van der Waals surface area contributed by atoms with Crippen LogP contribution in [0.2, 0.25) is 0 Å². The second-order valence-electron chi connectivity index (χ2n) is 5.82. The third kappa shape index (κ3) is 5.04. The lowest BCUT2D eigenvalue weighted by atomic mass is 10.0. The van der Waals surface area contributed by atoms with Crippen LogP contribution < -0.4 is 4.74 Å². The van der Waals surface area contributed by atoms with Crippen LogP contribution in [-0.2, 0) is 13.0 Å². The minimum absolute atomic E-state index is 0.0819. The number of Topliss-reactive ketones (excluding diaryl/α,β-unsaturated/α-hetero) is 1. The van der Waals surface area contributed by atoms with Crippen LogP contribution in [0.4, 0.5) is 0 Å². The molecule has 3 rings (SSSR count). The predicted octanol–water partition coefficient (Wildman–Crippen LogP) is 5.45. The molecule has 0 radical (unpaired) electrons. The van der Waals surface area contributed by atoms with Crippen molar-refractivity contribution in [2.45, 2.75) is 17.9 Å². The van der Waals surface area contributed by atoms with E-state index in [-0.39, 0.29) is 10.6 Å². The summed E-state index contributed by atoms with van der Waals surface area (Å²) in [6.07, 6.45) is 0.673. The number of ether oxygens (including phenoxy) is 1. The fraction of sp³-hybridized carbons (Fsp3) is 0.136. The van der Waals surface area contributed by atoms with Gasteiger partial charge >= 0.3 is 0 Å². The van der Waals surface area contributed by atoms with Gasteiger partial charge in [-0.1, -0.05) is 76.6 Å². The van der Waals surface area contributed by atoms with E-state index in [9.17, 15) is 4.79 Å². The number of hydrogen-bond donors (Lipinski definition) is 0. The normalized spacial score (nSPS) is 11.7. The van der Waals surface area contributed by atoms with E-state index in [1.54, 1.807) is 0 Å². The van der Waals surface area contributed by atoms with Gasteiger partial charge in [0.2, 0.25) is 0 Å². The van der Waals surface area contributed by atoms with E-state index in [1.165, 1.54) is 0 Å². The average Bonchev–Trinajstić information content (AvgIpc) is 2.68. The van der Waals surface area contributed by atoms with Crippen LogP contribution in [0.5, 0.6) is 5.75 Å². The molecule has 0 fully saturated rings. The maximum atomic E-state index is 12.6. The fourth-order valence-corrected chi connectivity index (χ4v) is 3.19. The van der Waals surface area contributed by atoms with Crippen molar-refractivity contribution in [1.82, 2.24) is 0 Å². The Bertz CT molecular complexity index is 798. The number of halogens is 1. The van der Waals surface area contributed by atoms with E-state index in [0.29, 0.717) is 18.6 Å². The molecule has 1 atom stereocenters. The Balaban J connectivity index is 1.58. The van der Waals surface area contributed by atoms with E-state index in [4.69, 9.17) is 4.74 Å². The van der Waals surface area contributed by atoms with Crippen LogP contribution in [0.3, 0.4) is 0 Å². The summed E-state index contributed by atoms with van der Waals surface area (Å²) in [4.78, 5) is 12.3. The van der Waals surface area contributed by atoms with Gasteiger partial charge in [-0.15, -0.1) is 0 Å². The first kappa shape index (κ1) is 17.4. The number of ketones is 1. The van der Waals surface area contributed by atoms with Gasteiger partial charge in [-0.25, -0.2) is 0 Å². The molecule has 0 aromatic heterocycles. The van der Waals surface area contributed by atoms with E-state index >= 15 is 0 Å². The minimum Gasteiger partial charge on any atom is -0.489 e. The molecule has 3 aromatic rings. The number of hydrogen-bond acceptors (Lipinski definition) is 2. The Morgan fingerprint density at radius 2 is 1.36 bits per heavy atom. The van der Waals surface area contributed by atoms with Gasteiger partial charge in [0.1, 0.15) is 12.4 Å².